The number of aromatic nitrogens is 2. The Balaban J connectivity index is 1.50. The summed E-state index contributed by atoms with van der Waals surface area (Å²) >= 11 is 0. The summed E-state index contributed by atoms with van der Waals surface area (Å²) in [5.41, 5.74) is 3.92. The maximum Gasteiger partial charge on any atom is 0.172 e. The molecule has 9 heteroatoms. The lowest BCUT2D eigenvalue weighted by Crippen LogP contribution is -2.44. The van der Waals surface area contributed by atoms with Crippen LogP contribution in [0.4, 0.5) is 8.78 Å². The van der Waals surface area contributed by atoms with Crippen LogP contribution in [-0.4, -0.2) is 51.8 Å². The Hall–Kier alpha value is -3.72. The lowest BCUT2D eigenvalue weighted by Gasteiger charge is -2.38. The summed E-state index contributed by atoms with van der Waals surface area (Å²) < 4.78 is 35.5. The molecule has 182 valence electrons. The highest BCUT2D eigenvalue weighted by Gasteiger charge is 2.37. The molecule has 3 heterocycles. The van der Waals surface area contributed by atoms with E-state index in [0.717, 1.165) is 41.4 Å². The monoisotopic (exact) mass is 480 g/mol. The molecule has 2 atom stereocenters. The van der Waals surface area contributed by atoms with Gasteiger partial charge in [0.2, 0.25) is 0 Å². The number of aliphatic hydroxyl groups is 1. The normalized spacial score (nSPS) is 21.2. The summed E-state index contributed by atoms with van der Waals surface area (Å²) in [6.45, 7) is 2.42. The van der Waals surface area contributed by atoms with E-state index in [1.807, 2.05) is 46.9 Å². The van der Waals surface area contributed by atoms with Gasteiger partial charge in [0.15, 0.2) is 5.84 Å². The maximum absolute atomic E-state index is 14.0. The average molecular weight is 481 g/mol. The molecule has 0 amide bonds. The Kier molecular flexibility index (Phi) is 6.25. The minimum absolute atomic E-state index is 0.0804. The van der Waals surface area contributed by atoms with E-state index in [4.69, 9.17) is 9.57 Å². The SMILES string of the molecule is COc1cc(/C=C2\CCCN3C2=NOC[C@@H](O)[C@@H]3c2cc(F)cc(F)c2)ccc1-n1cnc(C)c1. The second-order valence-electron chi connectivity index (χ2n) is 8.75. The Bertz CT molecular complexity index is 1280. The van der Waals surface area contributed by atoms with E-state index in [-0.39, 0.29) is 6.61 Å². The van der Waals surface area contributed by atoms with Crippen LogP contribution in [0.3, 0.4) is 0 Å². The second-order valence-corrected chi connectivity index (χ2v) is 8.75. The first-order chi connectivity index (χ1) is 16.9. The fourth-order valence-corrected chi connectivity index (χ4v) is 4.73. The van der Waals surface area contributed by atoms with Crippen molar-refractivity contribution in [3.8, 4) is 11.4 Å². The van der Waals surface area contributed by atoms with Crippen molar-refractivity contribution < 1.29 is 23.5 Å². The van der Waals surface area contributed by atoms with E-state index in [0.29, 0.717) is 23.7 Å². The van der Waals surface area contributed by atoms with E-state index < -0.39 is 23.8 Å². The van der Waals surface area contributed by atoms with Crippen molar-refractivity contribution in [3.05, 3.63) is 83.0 Å². The van der Waals surface area contributed by atoms with Crippen molar-refractivity contribution in [3.63, 3.8) is 0 Å². The van der Waals surface area contributed by atoms with E-state index in [2.05, 4.69) is 10.1 Å². The number of fused-ring (bicyclic) bond motifs is 1. The van der Waals surface area contributed by atoms with Crippen molar-refractivity contribution in [2.75, 3.05) is 20.3 Å². The molecule has 0 saturated carbocycles. The van der Waals surface area contributed by atoms with E-state index in [9.17, 15) is 13.9 Å². The van der Waals surface area contributed by atoms with Crippen LogP contribution in [0, 0.1) is 18.6 Å². The lowest BCUT2D eigenvalue weighted by atomic mass is 9.93. The highest BCUT2D eigenvalue weighted by Crippen LogP contribution is 2.35. The third-order valence-corrected chi connectivity index (χ3v) is 6.26. The molecule has 1 fully saturated rings. The summed E-state index contributed by atoms with van der Waals surface area (Å²) in [5.74, 6) is -0.143. The summed E-state index contributed by atoms with van der Waals surface area (Å²) in [4.78, 5) is 11.6. The number of methoxy groups -OCH3 is 1. The fraction of sp³-hybridized carbons (Fsp3) is 0.308. The quantitative estimate of drug-likeness (QED) is 0.600. The minimum Gasteiger partial charge on any atom is -0.495 e. The predicted octanol–water partition coefficient (Wildman–Crippen LogP) is 4.39. The Morgan fingerprint density at radius 1 is 1.17 bits per heavy atom. The van der Waals surface area contributed by atoms with Crippen LogP contribution in [-0.2, 0) is 4.84 Å². The van der Waals surface area contributed by atoms with Crippen molar-refractivity contribution in [1.82, 2.24) is 14.5 Å². The number of nitrogens with zero attached hydrogens (tertiary/aromatic N) is 4. The molecule has 0 bridgehead atoms. The first kappa shape index (κ1) is 23.0. The number of aliphatic hydroxyl groups excluding tert-OH is 1. The van der Waals surface area contributed by atoms with E-state index >= 15 is 0 Å². The Morgan fingerprint density at radius 2 is 1.97 bits per heavy atom. The molecule has 1 saturated heterocycles. The zero-order chi connectivity index (χ0) is 24.5. The zero-order valence-electron chi connectivity index (χ0n) is 19.5. The van der Waals surface area contributed by atoms with Crippen LogP contribution in [0.15, 0.2) is 59.7 Å². The number of rotatable bonds is 4. The smallest absolute Gasteiger partial charge is 0.172 e. The topological polar surface area (TPSA) is 72.1 Å². The molecule has 35 heavy (non-hydrogen) atoms. The van der Waals surface area contributed by atoms with Crippen LogP contribution in [0.1, 0.15) is 35.7 Å². The van der Waals surface area contributed by atoms with Crippen LogP contribution in [0.25, 0.3) is 11.8 Å². The lowest BCUT2D eigenvalue weighted by molar-refractivity contribution is 0.0139. The third-order valence-electron chi connectivity index (χ3n) is 6.26. The summed E-state index contributed by atoms with van der Waals surface area (Å²) in [5, 5.41) is 15.1. The molecule has 0 aliphatic carbocycles. The summed E-state index contributed by atoms with van der Waals surface area (Å²) in [7, 11) is 1.62. The maximum atomic E-state index is 14.0. The van der Waals surface area contributed by atoms with Crippen LogP contribution in [0.2, 0.25) is 0 Å². The van der Waals surface area contributed by atoms with Gasteiger partial charge in [-0.2, -0.15) is 0 Å². The van der Waals surface area contributed by atoms with Gasteiger partial charge in [-0.25, -0.2) is 13.8 Å². The second kappa shape index (κ2) is 9.50. The standard InChI is InChI=1S/C26H26F2N4O3/c1-16-13-31(15-29-16)22-6-5-17(9-24(22)34-2)8-18-4-3-7-32-25(23(33)14-35-30-26(18)32)19-10-20(27)12-21(28)11-19/h5-6,8-13,15,23,25,33H,3-4,7,14H2,1-2H3/b18-8+/t23-,25+/m1/s1. The van der Waals surface area contributed by atoms with E-state index in [1.165, 1.54) is 12.1 Å². The number of halogens is 2. The highest BCUT2D eigenvalue weighted by atomic mass is 19.1. The minimum atomic E-state index is -1.00. The van der Waals surface area contributed by atoms with Gasteiger partial charge in [0.25, 0.3) is 0 Å². The summed E-state index contributed by atoms with van der Waals surface area (Å²) in [6.07, 6.45) is 6.19. The van der Waals surface area contributed by atoms with Gasteiger partial charge in [-0.15, -0.1) is 0 Å². The van der Waals surface area contributed by atoms with Gasteiger partial charge in [0.05, 0.1) is 30.9 Å². The molecule has 2 aliphatic heterocycles. The van der Waals surface area contributed by atoms with Crippen molar-refractivity contribution in [2.45, 2.75) is 31.9 Å². The molecule has 0 unspecified atom stereocenters. The molecule has 7 nitrogen and oxygen atoms in total. The number of oxime groups is 1. The fourth-order valence-electron chi connectivity index (χ4n) is 4.73. The number of imidazole rings is 1. The van der Waals surface area contributed by atoms with E-state index in [1.54, 1.807) is 13.4 Å². The van der Waals surface area contributed by atoms with Crippen molar-refractivity contribution >= 4 is 11.9 Å². The number of piperidine rings is 1. The zero-order valence-corrected chi connectivity index (χ0v) is 19.5. The number of amidine groups is 1. The number of hydrogen-bond acceptors (Lipinski definition) is 6. The van der Waals surface area contributed by atoms with Gasteiger partial charge in [0.1, 0.15) is 30.1 Å². The first-order valence-corrected chi connectivity index (χ1v) is 11.4. The van der Waals surface area contributed by atoms with Gasteiger partial charge < -0.3 is 24.1 Å². The Morgan fingerprint density at radius 3 is 2.69 bits per heavy atom. The van der Waals surface area contributed by atoms with Gasteiger partial charge in [-0.1, -0.05) is 11.2 Å². The molecular weight excluding hydrogens is 454 g/mol. The van der Waals surface area contributed by atoms with Crippen LogP contribution < -0.4 is 4.74 Å². The third kappa shape index (κ3) is 4.64. The molecule has 1 aromatic heterocycles. The van der Waals surface area contributed by atoms with Crippen molar-refractivity contribution in [2.24, 2.45) is 5.16 Å². The summed E-state index contributed by atoms with van der Waals surface area (Å²) in [6, 6.07) is 8.50. The molecule has 0 radical (unpaired) electrons. The van der Waals surface area contributed by atoms with Gasteiger partial charge in [-0.05, 0) is 66.8 Å². The van der Waals surface area contributed by atoms with Gasteiger partial charge in [-0.3, -0.25) is 0 Å². The number of benzene rings is 2. The first-order valence-electron chi connectivity index (χ1n) is 11.4. The number of aryl methyl sites for hydroxylation is 1. The van der Waals surface area contributed by atoms with Gasteiger partial charge >= 0.3 is 0 Å². The predicted molar refractivity (Wildman–Crippen MR) is 127 cm³/mol. The largest absolute Gasteiger partial charge is 0.495 e. The van der Waals surface area contributed by atoms with Crippen LogP contribution >= 0.6 is 0 Å². The molecular formula is C26H26F2N4O3. The average Bonchev–Trinajstić information content (AvgIpc) is 3.17. The molecule has 3 aromatic rings. The molecule has 0 spiro atoms. The number of ether oxygens (including phenoxy) is 1. The number of hydrogen-bond donors (Lipinski definition) is 1. The highest BCUT2D eigenvalue weighted by molar-refractivity contribution is 6.02. The van der Waals surface area contributed by atoms with Crippen LogP contribution in [0.5, 0.6) is 5.75 Å². The van der Waals surface area contributed by atoms with Gasteiger partial charge in [0, 0.05) is 18.8 Å². The molecule has 1 N–H and O–H groups in total. The molecule has 5 rings (SSSR count). The molecule has 2 aromatic carbocycles. The Labute approximate surface area is 201 Å². The van der Waals surface area contributed by atoms with Crippen molar-refractivity contribution in [1.29, 1.82) is 0 Å². The molecule has 2 aliphatic rings.